The molecule has 0 atom stereocenters. The number of carbonyl (C=O) groups excluding carboxylic acids is 1. The number of hydrogen-bond acceptors (Lipinski definition) is 5. The van der Waals surface area contributed by atoms with E-state index in [1.54, 1.807) is 13.1 Å². The molecule has 7 nitrogen and oxygen atoms in total. The molecule has 0 aromatic carbocycles. The zero-order chi connectivity index (χ0) is 18.4. The number of aromatic nitrogens is 5. The van der Waals surface area contributed by atoms with Crippen LogP contribution in [-0.4, -0.2) is 30.6 Å². The first-order valence-electron chi connectivity index (χ1n) is 9.33. The first kappa shape index (κ1) is 18.6. The van der Waals surface area contributed by atoms with Gasteiger partial charge in [-0.05, 0) is 50.8 Å². The smallest absolute Gasteiger partial charge is 0.259 e. The number of aryl methyl sites for hydroxylation is 1. The van der Waals surface area contributed by atoms with E-state index in [0.29, 0.717) is 28.8 Å². The highest BCUT2D eigenvalue weighted by atomic mass is 35.5. The van der Waals surface area contributed by atoms with Crippen LogP contribution in [0.15, 0.2) is 36.9 Å². The molecule has 8 heteroatoms. The summed E-state index contributed by atoms with van der Waals surface area (Å²) in [4.78, 5) is 24.9. The third kappa shape index (κ3) is 3.62. The molecule has 3 aromatic rings. The maximum absolute atomic E-state index is 12.4. The van der Waals surface area contributed by atoms with Gasteiger partial charge in [-0.3, -0.25) is 4.79 Å². The second-order valence-corrected chi connectivity index (χ2v) is 7.34. The summed E-state index contributed by atoms with van der Waals surface area (Å²) in [6, 6.07) is 6.01. The normalized spacial score (nSPS) is 15.8. The van der Waals surface area contributed by atoms with E-state index in [1.165, 1.54) is 49.6 Å². The first-order chi connectivity index (χ1) is 13.2. The van der Waals surface area contributed by atoms with E-state index >= 15 is 0 Å². The molecule has 0 spiro atoms. The number of nitrogens with one attached hydrogen (secondary N) is 1. The lowest BCUT2D eigenvalue weighted by molar-refractivity contribution is 0.102. The number of hydrogen-bond donors (Lipinski definition) is 1. The minimum Gasteiger partial charge on any atom is -0.320 e. The molecular weight excluding hydrogens is 376 g/mol. The monoisotopic (exact) mass is 396 g/mol. The molecule has 1 N–H and O–H groups in total. The fourth-order valence-corrected chi connectivity index (χ4v) is 3.24. The Morgan fingerprint density at radius 1 is 1.11 bits per heavy atom. The van der Waals surface area contributed by atoms with Gasteiger partial charge in [-0.25, -0.2) is 19.6 Å². The zero-order valence-electron chi connectivity index (χ0n) is 15.5. The summed E-state index contributed by atoms with van der Waals surface area (Å²) >= 11 is 0. The lowest BCUT2D eigenvalue weighted by Crippen LogP contribution is -2.15. The summed E-state index contributed by atoms with van der Waals surface area (Å²) in [6.07, 6.45) is 9.54. The molecule has 2 saturated carbocycles. The van der Waals surface area contributed by atoms with Crippen molar-refractivity contribution in [2.24, 2.45) is 0 Å². The average Bonchev–Trinajstić information content (AvgIpc) is 3.61. The van der Waals surface area contributed by atoms with E-state index in [-0.39, 0.29) is 18.3 Å². The van der Waals surface area contributed by atoms with Crippen LogP contribution in [0, 0.1) is 6.92 Å². The van der Waals surface area contributed by atoms with E-state index in [2.05, 4.69) is 26.3 Å². The summed E-state index contributed by atoms with van der Waals surface area (Å²) < 4.78 is 1.98. The number of carbonyl (C=O) groups is 1. The van der Waals surface area contributed by atoms with Crippen LogP contribution in [0.3, 0.4) is 0 Å². The van der Waals surface area contributed by atoms with Crippen LogP contribution < -0.4 is 5.32 Å². The van der Waals surface area contributed by atoms with Crippen LogP contribution in [-0.2, 0) is 0 Å². The van der Waals surface area contributed by atoms with Gasteiger partial charge in [0, 0.05) is 23.7 Å². The topological polar surface area (TPSA) is 85.6 Å². The Hall–Kier alpha value is -2.80. The maximum atomic E-state index is 12.4. The standard InChI is InChI=1S/C20H20N6O.ClH/c1-12-16(10-21-11-23-12)20(27)24-15-6-7-19(22-9-15)26-18(14-4-5-14)8-17(25-26)13-2-3-13;/h6-11,13-14H,2-5H2,1H3,(H,24,27);1H. The van der Waals surface area contributed by atoms with E-state index in [4.69, 9.17) is 5.10 Å². The van der Waals surface area contributed by atoms with Crippen molar-refractivity contribution in [3.8, 4) is 5.82 Å². The minimum absolute atomic E-state index is 0. The number of anilines is 1. The summed E-state index contributed by atoms with van der Waals surface area (Å²) in [7, 11) is 0. The number of nitrogens with zero attached hydrogens (tertiary/aromatic N) is 5. The van der Waals surface area contributed by atoms with E-state index in [9.17, 15) is 4.79 Å². The van der Waals surface area contributed by atoms with Crippen LogP contribution in [0.1, 0.15) is 65.0 Å². The second-order valence-electron chi connectivity index (χ2n) is 7.34. The Morgan fingerprint density at radius 3 is 2.54 bits per heavy atom. The second kappa shape index (κ2) is 7.31. The Bertz CT molecular complexity index is 1010. The van der Waals surface area contributed by atoms with E-state index in [0.717, 1.165) is 5.82 Å². The third-order valence-corrected chi connectivity index (χ3v) is 5.13. The van der Waals surface area contributed by atoms with E-state index in [1.807, 2.05) is 16.8 Å². The van der Waals surface area contributed by atoms with Crippen molar-refractivity contribution >= 4 is 24.0 Å². The van der Waals surface area contributed by atoms with Crippen LogP contribution in [0.4, 0.5) is 5.69 Å². The van der Waals surface area contributed by atoms with Gasteiger partial charge in [0.25, 0.3) is 5.91 Å². The van der Waals surface area contributed by atoms with Gasteiger partial charge >= 0.3 is 0 Å². The molecule has 0 aliphatic heterocycles. The molecule has 5 rings (SSSR count). The van der Waals surface area contributed by atoms with Gasteiger partial charge in [-0.2, -0.15) is 5.10 Å². The molecule has 0 unspecified atom stereocenters. The number of pyridine rings is 1. The summed E-state index contributed by atoms with van der Waals surface area (Å²) in [6.45, 7) is 1.78. The molecular formula is C20H21ClN6O. The predicted molar refractivity (Wildman–Crippen MR) is 107 cm³/mol. The van der Waals surface area contributed by atoms with Crippen molar-refractivity contribution in [3.05, 3.63) is 59.6 Å². The van der Waals surface area contributed by atoms with Gasteiger partial charge in [-0.1, -0.05) is 0 Å². The highest BCUT2D eigenvalue weighted by Gasteiger charge is 2.33. The number of rotatable bonds is 5. The molecule has 0 saturated heterocycles. The lowest BCUT2D eigenvalue weighted by Gasteiger charge is -2.09. The molecule has 3 aromatic heterocycles. The quantitative estimate of drug-likeness (QED) is 0.709. The lowest BCUT2D eigenvalue weighted by atomic mass is 10.2. The Balaban J connectivity index is 0.00000192. The van der Waals surface area contributed by atoms with Crippen molar-refractivity contribution in [1.82, 2.24) is 24.7 Å². The molecule has 1 amide bonds. The van der Waals surface area contributed by atoms with Gasteiger partial charge in [0.2, 0.25) is 0 Å². The minimum atomic E-state index is -0.239. The first-order valence-corrected chi connectivity index (χ1v) is 9.33. The molecule has 0 bridgehead atoms. The van der Waals surface area contributed by atoms with Crippen molar-refractivity contribution in [2.75, 3.05) is 5.32 Å². The molecule has 3 heterocycles. The number of halogens is 1. The van der Waals surface area contributed by atoms with Crippen LogP contribution >= 0.6 is 12.4 Å². The largest absolute Gasteiger partial charge is 0.320 e. The van der Waals surface area contributed by atoms with Gasteiger partial charge < -0.3 is 5.32 Å². The Labute approximate surface area is 169 Å². The molecule has 2 fully saturated rings. The van der Waals surface area contributed by atoms with Crippen molar-refractivity contribution in [2.45, 2.75) is 44.4 Å². The van der Waals surface area contributed by atoms with Gasteiger partial charge in [-0.15, -0.1) is 12.4 Å². The molecule has 28 heavy (non-hydrogen) atoms. The highest BCUT2D eigenvalue weighted by molar-refractivity contribution is 6.04. The molecule has 0 radical (unpaired) electrons. The van der Waals surface area contributed by atoms with Crippen LogP contribution in [0.2, 0.25) is 0 Å². The third-order valence-electron chi connectivity index (χ3n) is 5.13. The van der Waals surface area contributed by atoms with Crippen molar-refractivity contribution in [3.63, 3.8) is 0 Å². The van der Waals surface area contributed by atoms with Crippen molar-refractivity contribution < 1.29 is 4.79 Å². The van der Waals surface area contributed by atoms with Gasteiger partial charge in [0.05, 0.1) is 28.8 Å². The summed E-state index contributed by atoms with van der Waals surface area (Å²) in [5.74, 6) is 1.78. The van der Waals surface area contributed by atoms with Crippen molar-refractivity contribution in [1.29, 1.82) is 0 Å². The molecule has 2 aliphatic rings. The van der Waals surface area contributed by atoms with Gasteiger partial charge in [0.1, 0.15) is 6.33 Å². The predicted octanol–water partition coefficient (Wildman–Crippen LogP) is 3.79. The fraction of sp³-hybridized carbons (Fsp3) is 0.350. The average molecular weight is 397 g/mol. The SMILES string of the molecule is Cc1ncncc1C(=O)Nc1ccc(-n2nc(C3CC3)cc2C2CC2)nc1.Cl. The molecule has 144 valence electrons. The Kier molecular flexibility index (Phi) is 4.85. The zero-order valence-corrected chi connectivity index (χ0v) is 16.3. The van der Waals surface area contributed by atoms with E-state index < -0.39 is 0 Å². The van der Waals surface area contributed by atoms with Gasteiger partial charge in [0.15, 0.2) is 5.82 Å². The Morgan fingerprint density at radius 2 is 1.89 bits per heavy atom. The fourth-order valence-electron chi connectivity index (χ4n) is 3.24. The highest BCUT2D eigenvalue weighted by Crippen LogP contribution is 2.45. The molecule has 2 aliphatic carbocycles. The summed E-state index contributed by atoms with van der Waals surface area (Å²) in [5, 5.41) is 7.65. The maximum Gasteiger partial charge on any atom is 0.259 e. The van der Waals surface area contributed by atoms with Crippen LogP contribution in [0.5, 0.6) is 0 Å². The summed E-state index contributed by atoms with van der Waals surface area (Å²) in [5.41, 5.74) is 4.19. The van der Waals surface area contributed by atoms with Crippen LogP contribution in [0.25, 0.3) is 5.82 Å². The number of amides is 1.